The number of H-pyrrole nitrogens is 1. The van der Waals surface area contributed by atoms with E-state index in [-0.39, 0.29) is 177 Å². The number of nitrogens with one attached hydrogen (secondary N) is 6. The number of aromatic amines is 1. The zero-order valence-electron chi connectivity index (χ0n) is 72.8. The second-order valence-corrected chi connectivity index (χ2v) is 43.3. The predicted octanol–water partition coefficient (Wildman–Crippen LogP) is 15.5. The van der Waals surface area contributed by atoms with Crippen molar-refractivity contribution < 1.29 is 131 Å². The molecule has 0 spiro atoms. The summed E-state index contributed by atoms with van der Waals surface area (Å²) in [4.78, 5) is 15.6. The molecule has 12 rings (SSSR count). The van der Waals surface area contributed by atoms with Crippen LogP contribution in [-0.2, 0) is 104 Å². The number of allylic oxidation sites excluding steroid dienone is 3. The minimum Gasteiger partial charge on any atom is -0.491 e. The lowest BCUT2D eigenvalue weighted by Crippen LogP contribution is -2.24. The first-order valence-electron chi connectivity index (χ1n) is 40.2. The second kappa shape index (κ2) is 44.5. The van der Waals surface area contributed by atoms with E-state index in [1.165, 1.54) is 104 Å². The van der Waals surface area contributed by atoms with E-state index in [2.05, 4.69) is 118 Å². The molecule has 62 heteroatoms. The third kappa shape index (κ3) is 31.9. The molecule has 0 saturated carbocycles. The molecule has 0 amide bonds. The normalized spacial score (nSPS) is 13.9. The lowest BCUT2D eigenvalue weighted by atomic mass is 10.1. The topological polar surface area (TPSA) is 806 Å². The average Bonchev–Trinajstić information content (AvgIpc) is 1.57. The minimum absolute atomic E-state index is 0.00527. The fourth-order valence-corrected chi connectivity index (χ4v) is 17.3. The molecule has 0 saturated heterocycles. The van der Waals surface area contributed by atoms with Crippen molar-refractivity contribution in [2.45, 2.75) is 89.3 Å². The summed E-state index contributed by atoms with van der Waals surface area (Å²) in [5, 5.41) is 69.6. The molecule has 0 fully saturated rings. The summed E-state index contributed by atoms with van der Waals surface area (Å²) >= 11 is 0. The maximum Gasteiger partial charge on any atom is 0.296 e. The van der Waals surface area contributed by atoms with Gasteiger partial charge in [0.05, 0.1) is 126 Å². The van der Waals surface area contributed by atoms with Crippen LogP contribution in [0.25, 0.3) is 0 Å². The quantitative estimate of drug-likeness (QED) is 0.00957. The van der Waals surface area contributed by atoms with Crippen molar-refractivity contribution in [3.05, 3.63) is 221 Å². The molecule has 15 N–H and O–H groups in total. The SMILES string of the molecule is Cc1cc(Nc2nc(NCc3cccc(CNc4n[nH]c(Nc5cc(C)c(N=Nc6ccc(N=Nc7ccc(S(=O)(=O)O)cc7)cc6S(=O)(=O)O)cc5OCCCS(=O)(=O)O)n4)c3)nc(Nc3cc(C)c(N=Nc4ccc(N=Nc5ccc(S(=O)(=O)O)cc5)cc4S(=O)(=O)O)cc3OCCCS(=O)(=O)O)n2)c(OCCCS(=O)(=O)O)cc1N=NC1=CC=C(N=Nc2ccc(S(=O)(=O)O)cc2)CC1S(=O)(=O)O. The lowest BCUT2D eigenvalue weighted by Gasteiger charge is -2.18. The van der Waals surface area contributed by atoms with Gasteiger partial charge >= 0.3 is 0 Å². The van der Waals surface area contributed by atoms with Crippen LogP contribution in [-0.4, -0.2) is 189 Å². The van der Waals surface area contributed by atoms with Gasteiger partial charge in [0.15, 0.2) is 0 Å². The average molecular weight is 2120 g/mol. The summed E-state index contributed by atoms with van der Waals surface area (Å²) in [7, 11) is -42.2. The maximum absolute atomic E-state index is 12.9. The zero-order valence-corrected chi connectivity index (χ0v) is 80.1. The van der Waals surface area contributed by atoms with E-state index in [1.807, 2.05) is 0 Å². The number of rotatable bonds is 45. The molecule has 53 nitrogen and oxygen atoms in total. The van der Waals surface area contributed by atoms with E-state index in [0.717, 1.165) is 60.7 Å². The van der Waals surface area contributed by atoms with Crippen molar-refractivity contribution in [2.75, 3.05) is 63.7 Å². The number of azo groups is 6. The standard InChI is InChI=1S/C79H79N23O30S9/c1-46-34-66(69(130-28-5-31-133(103,104)105)41-63(46)98-95-60-25-16-54(38-72(60)139(121,122)123)92-89-51-10-19-57(20-11-51)136(112,113)114)82-77-85-75(86-78(88-77)83-67-35-47(2)64(42-70(67)131-29-6-32-134(106,107)108)99-96-61-26-17-55(39-73(61)140(124,125)126)93-90-52-12-21-58(22-13-52)137(115,116)117)80-44-49-8-4-9-50(37-49)45-81-76-87-79(102-101-76)84-68-36-48(3)65(43-71(68)132-30-7-33-135(109,110)111)100-97-62-27-18-56(40-74(62)141(127,128)129)94-91-53-14-23-59(24-15-53)138(118,119)120/h4,8-27,34-38,40-43,73H,5-7,28-33,39,44-45H2,1-3H3,(H,103,104,105)(H,106,107,108)(H,109,110,111)(H,112,113,114)(H,115,116,117)(H,118,119,120)(H,121,122,123)(H,124,125,126)(H,127,128,129)(H3,81,84,87,101,102)(H3,80,82,83,85,86,88). The van der Waals surface area contributed by atoms with Gasteiger partial charge in [-0.3, -0.25) is 41.0 Å². The van der Waals surface area contributed by atoms with Crippen molar-refractivity contribution in [1.29, 1.82) is 0 Å². The number of aromatic nitrogens is 6. The highest BCUT2D eigenvalue weighted by molar-refractivity contribution is 7.88. The first kappa shape index (κ1) is 106. The van der Waals surface area contributed by atoms with Crippen LogP contribution in [0, 0.1) is 20.8 Å². The Kier molecular flexibility index (Phi) is 33.4. The van der Waals surface area contributed by atoms with Crippen molar-refractivity contribution in [3.63, 3.8) is 0 Å². The molecule has 1 aliphatic carbocycles. The minimum atomic E-state index is -5.11. The molecule has 0 bridgehead atoms. The van der Waals surface area contributed by atoms with E-state index in [9.17, 15) is 117 Å². The molecular formula is C79H79N23O30S9. The van der Waals surface area contributed by atoms with E-state index in [1.54, 1.807) is 38.1 Å². The van der Waals surface area contributed by atoms with E-state index < -0.39 is 163 Å². The number of benzene rings is 9. The summed E-state index contributed by atoms with van der Waals surface area (Å²) in [6.45, 7) is 3.59. The first-order chi connectivity index (χ1) is 66.1. The molecule has 0 radical (unpaired) electrons. The Hall–Kier alpha value is -14.2. The smallest absolute Gasteiger partial charge is 0.296 e. The van der Waals surface area contributed by atoms with Gasteiger partial charge in [-0.05, 0) is 207 Å². The number of hydrogen-bond acceptors (Lipinski definition) is 43. The maximum atomic E-state index is 12.9. The van der Waals surface area contributed by atoms with Gasteiger partial charge in [-0.25, -0.2) is 5.10 Å². The van der Waals surface area contributed by atoms with Crippen LogP contribution in [0.4, 0.5) is 104 Å². The van der Waals surface area contributed by atoms with Crippen LogP contribution in [0.2, 0.25) is 0 Å². The highest BCUT2D eigenvalue weighted by Crippen LogP contribution is 2.43. The molecule has 141 heavy (non-hydrogen) atoms. The number of aryl methyl sites for hydroxylation is 3. The molecule has 0 aliphatic heterocycles. The van der Waals surface area contributed by atoms with Gasteiger partial charge in [-0.1, -0.05) is 24.3 Å². The van der Waals surface area contributed by atoms with Crippen LogP contribution in [0.1, 0.15) is 53.5 Å². The van der Waals surface area contributed by atoms with Gasteiger partial charge in [-0.2, -0.15) is 147 Å². The molecule has 1 unspecified atom stereocenters. The summed E-state index contributed by atoms with van der Waals surface area (Å²) in [5.41, 5.74) is 1.40. The fourth-order valence-electron chi connectivity index (χ4n) is 12.3. The fraction of sp³-hybridized carbons (Fsp3) is 0.203. The Labute approximate surface area is 803 Å². The molecule has 2 aromatic heterocycles. The number of ether oxygens (including phenoxy) is 3. The zero-order chi connectivity index (χ0) is 102. The third-order valence-corrected chi connectivity index (χ3v) is 27.0. The van der Waals surface area contributed by atoms with Crippen LogP contribution >= 0.6 is 0 Å². The van der Waals surface area contributed by atoms with Gasteiger partial charge in [0.25, 0.3) is 91.1 Å². The highest BCUT2D eigenvalue weighted by atomic mass is 32.3. The van der Waals surface area contributed by atoms with Crippen LogP contribution in [0.5, 0.6) is 17.2 Å². The Morgan fingerprint density at radius 1 is 0.348 bits per heavy atom. The lowest BCUT2D eigenvalue weighted by molar-refractivity contribution is 0.317. The summed E-state index contributed by atoms with van der Waals surface area (Å²) in [6.07, 6.45) is 1.23. The number of anilines is 8. The highest BCUT2D eigenvalue weighted by Gasteiger charge is 2.32. The molecule has 2 heterocycles. The Bertz CT molecular complexity index is 8010. The largest absolute Gasteiger partial charge is 0.491 e. The van der Waals surface area contributed by atoms with Gasteiger partial charge in [0, 0.05) is 37.7 Å². The van der Waals surface area contributed by atoms with E-state index in [0.29, 0.717) is 16.7 Å². The van der Waals surface area contributed by atoms with Crippen molar-refractivity contribution in [1.82, 2.24) is 30.1 Å². The van der Waals surface area contributed by atoms with Crippen LogP contribution in [0.3, 0.4) is 0 Å². The van der Waals surface area contributed by atoms with Gasteiger partial charge in [0.1, 0.15) is 43.7 Å². The Balaban J connectivity index is 0.834. The predicted molar refractivity (Wildman–Crippen MR) is 503 cm³/mol. The monoisotopic (exact) mass is 2120 g/mol. The van der Waals surface area contributed by atoms with Crippen molar-refractivity contribution >= 4 is 195 Å². The van der Waals surface area contributed by atoms with Crippen LogP contribution < -0.4 is 40.8 Å². The molecule has 9 aromatic carbocycles. The number of hydrogen-bond donors (Lipinski definition) is 15. The van der Waals surface area contributed by atoms with Crippen LogP contribution in [0.15, 0.2) is 279 Å². The molecule has 1 atom stereocenters. The van der Waals surface area contributed by atoms with Crippen molar-refractivity contribution in [2.24, 2.45) is 61.4 Å². The molecule has 1 aliphatic rings. The number of nitrogens with zero attached hydrogens (tertiary/aromatic N) is 17. The summed E-state index contributed by atoms with van der Waals surface area (Å²) in [5.74, 6) is -3.16. The summed E-state index contributed by atoms with van der Waals surface area (Å²) in [6, 6.07) is 35.5. The molecule has 11 aromatic rings. The van der Waals surface area contributed by atoms with Gasteiger partial charge in [0.2, 0.25) is 29.7 Å². The van der Waals surface area contributed by atoms with E-state index >= 15 is 0 Å². The second-order valence-electron chi connectivity index (χ2n) is 29.9. The molecule has 744 valence electrons. The van der Waals surface area contributed by atoms with E-state index in [4.69, 9.17) is 14.2 Å². The third-order valence-electron chi connectivity index (χ3n) is 19.1. The van der Waals surface area contributed by atoms with Gasteiger partial charge in [-0.15, -0.1) is 15.3 Å². The van der Waals surface area contributed by atoms with Gasteiger partial charge < -0.3 is 40.8 Å². The Morgan fingerprint density at radius 3 is 1.07 bits per heavy atom. The molecular weight excluding hydrogens is 2040 g/mol. The summed E-state index contributed by atoms with van der Waals surface area (Å²) < 4.78 is 323. The first-order valence-corrected chi connectivity index (χ1v) is 53.7. The van der Waals surface area contributed by atoms with Crippen molar-refractivity contribution in [3.8, 4) is 17.2 Å². The Morgan fingerprint density at radius 2 is 0.695 bits per heavy atom.